The van der Waals surface area contributed by atoms with Crippen LogP contribution in [0.25, 0.3) is 22.0 Å². The molecule has 79 heavy (non-hydrogen) atoms. The van der Waals surface area contributed by atoms with Gasteiger partial charge in [-0.3, -0.25) is 23.7 Å². The molecule has 0 saturated carbocycles. The summed E-state index contributed by atoms with van der Waals surface area (Å²) in [6.07, 6.45) is 0.0316. The second kappa shape index (κ2) is 26.3. The number of hydrogen-bond donors (Lipinski definition) is 5. The van der Waals surface area contributed by atoms with Crippen molar-refractivity contribution in [1.82, 2.24) is 31.2 Å². The first-order valence-electron chi connectivity index (χ1n) is 26.9. The molecule has 0 fully saturated rings. The van der Waals surface area contributed by atoms with Crippen LogP contribution in [-0.4, -0.2) is 114 Å². The third-order valence-corrected chi connectivity index (χ3v) is 12.5. The molecule has 0 aliphatic heterocycles. The average Bonchev–Trinajstić information content (AvgIpc) is 4.06. The van der Waals surface area contributed by atoms with Crippen molar-refractivity contribution in [2.24, 2.45) is 5.92 Å². The van der Waals surface area contributed by atoms with Crippen molar-refractivity contribution in [3.05, 3.63) is 126 Å². The molecule has 6 rings (SSSR count). The number of esters is 1. The second-order valence-electron chi connectivity index (χ2n) is 23.1. The van der Waals surface area contributed by atoms with Gasteiger partial charge in [-0.25, -0.2) is 14.4 Å². The van der Waals surface area contributed by atoms with Gasteiger partial charge in [0.1, 0.15) is 47.7 Å². The normalized spacial score (nSPS) is 13.9. The van der Waals surface area contributed by atoms with E-state index in [-0.39, 0.29) is 44.5 Å². The maximum Gasteiger partial charge on any atom is 0.419 e. The van der Waals surface area contributed by atoms with E-state index in [2.05, 4.69) is 26.6 Å². The van der Waals surface area contributed by atoms with Crippen molar-refractivity contribution in [1.29, 1.82) is 0 Å². The van der Waals surface area contributed by atoms with Gasteiger partial charge in [0.25, 0.3) is 0 Å². The highest BCUT2D eigenvalue weighted by Gasteiger charge is 2.35. The summed E-state index contributed by atoms with van der Waals surface area (Å²) >= 11 is 0. The molecule has 1 aliphatic carbocycles. The van der Waals surface area contributed by atoms with Gasteiger partial charge in [-0.15, -0.1) is 0 Å². The number of carbonyl (C=O) groups is 7. The highest BCUT2D eigenvalue weighted by Crippen LogP contribution is 2.44. The number of fused-ring (bicyclic) bond motifs is 4. The lowest BCUT2D eigenvalue weighted by Gasteiger charge is -2.28. The van der Waals surface area contributed by atoms with E-state index in [1.54, 1.807) is 103 Å². The number of alkyl carbamates (subject to hydrolysis) is 1. The van der Waals surface area contributed by atoms with Crippen LogP contribution in [0.1, 0.15) is 118 Å². The molecule has 18 nitrogen and oxygen atoms in total. The summed E-state index contributed by atoms with van der Waals surface area (Å²) in [7, 11) is 0. The zero-order valence-corrected chi connectivity index (χ0v) is 47.6. The molecule has 0 bridgehead atoms. The number of benzene rings is 4. The fourth-order valence-corrected chi connectivity index (χ4v) is 9.10. The molecule has 5 aromatic rings. The number of aromatic nitrogens is 1. The summed E-state index contributed by atoms with van der Waals surface area (Å²) in [4.78, 5) is 97.7. The van der Waals surface area contributed by atoms with Gasteiger partial charge >= 0.3 is 18.2 Å². The average molecular weight is 1090 g/mol. The van der Waals surface area contributed by atoms with E-state index in [1.165, 1.54) is 4.57 Å². The van der Waals surface area contributed by atoms with E-state index < -0.39 is 89.3 Å². The quantitative estimate of drug-likeness (QED) is 0.0326. The highest BCUT2D eigenvalue weighted by molar-refractivity contribution is 5.97. The Morgan fingerprint density at radius 1 is 0.608 bits per heavy atom. The first kappa shape index (κ1) is 60.5. The molecule has 0 spiro atoms. The zero-order chi connectivity index (χ0) is 57.8. The Kier molecular flexibility index (Phi) is 20.1. The summed E-state index contributed by atoms with van der Waals surface area (Å²) in [5, 5.41) is 14.2. The number of nitrogens with one attached hydrogen (secondary N) is 5. The minimum atomic E-state index is -1.47. The zero-order valence-electron chi connectivity index (χ0n) is 47.6. The van der Waals surface area contributed by atoms with Crippen LogP contribution in [0, 0.1) is 5.92 Å². The minimum Gasteiger partial charge on any atom is -0.488 e. The third kappa shape index (κ3) is 17.6. The molecule has 4 aromatic carbocycles. The number of amides is 5. The summed E-state index contributed by atoms with van der Waals surface area (Å²) in [5.74, 6) is -3.32. The maximum atomic E-state index is 15.0. The third-order valence-electron chi connectivity index (χ3n) is 12.5. The molecular weight excluding hydrogens is 1010 g/mol. The van der Waals surface area contributed by atoms with Crippen LogP contribution in [0.2, 0.25) is 0 Å². The summed E-state index contributed by atoms with van der Waals surface area (Å²) in [5.41, 5.74) is 3.50. The molecule has 18 heteroatoms. The van der Waals surface area contributed by atoms with Gasteiger partial charge in [0.05, 0.1) is 30.9 Å². The molecule has 0 unspecified atom stereocenters. The van der Waals surface area contributed by atoms with E-state index in [4.69, 9.17) is 23.7 Å². The lowest BCUT2D eigenvalue weighted by Crippen LogP contribution is -2.59. The number of hydrogen-bond acceptors (Lipinski definition) is 12. The molecule has 424 valence electrons. The van der Waals surface area contributed by atoms with Crippen molar-refractivity contribution in [3.8, 4) is 16.9 Å². The van der Waals surface area contributed by atoms with Crippen molar-refractivity contribution in [2.45, 2.75) is 149 Å². The van der Waals surface area contributed by atoms with Crippen LogP contribution < -0.4 is 31.3 Å². The van der Waals surface area contributed by atoms with Crippen molar-refractivity contribution in [3.63, 3.8) is 0 Å². The first-order valence-corrected chi connectivity index (χ1v) is 26.9. The maximum absolute atomic E-state index is 15.0. The largest absolute Gasteiger partial charge is 0.488 e. The van der Waals surface area contributed by atoms with E-state index >= 15 is 0 Å². The number of carbonyl (C=O) groups excluding carboxylic acids is 7. The predicted octanol–water partition coefficient (Wildman–Crippen LogP) is 8.29. The number of nitrogens with zero attached hydrogens (tertiary/aromatic N) is 1. The molecule has 0 saturated heterocycles. The second-order valence-corrected chi connectivity index (χ2v) is 23.1. The number of ether oxygens (including phenoxy) is 5. The Balaban J connectivity index is 1.29. The monoisotopic (exact) mass is 1090 g/mol. The molecule has 1 aliphatic rings. The van der Waals surface area contributed by atoms with Crippen LogP contribution >= 0.6 is 0 Å². The Bertz CT molecular complexity index is 2920. The Hall–Kier alpha value is -7.73. The lowest BCUT2D eigenvalue weighted by atomic mass is 9.98. The Labute approximate surface area is 463 Å². The summed E-state index contributed by atoms with van der Waals surface area (Å²) in [6.45, 7) is 20.9. The van der Waals surface area contributed by atoms with E-state index in [9.17, 15) is 33.6 Å². The van der Waals surface area contributed by atoms with E-state index in [0.29, 0.717) is 34.2 Å². The van der Waals surface area contributed by atoms with Gasteiger partial charge in [-0.2, -0.15) is 0 Å². The van der Waals surface area contributed by atoms with Crippen molar-refractivity contribution >= 4 is 52.7 Å². The number of rotatable bonds is 22. The van der Waals surface area contributed by atoms with Gasteiger partial charge < -0.3 is 50.3 Å². The fourth-order valence-electron chi connectivity index (χ4n) is 9.10. The highest BCUT2D eigenvalue weighted by atomic mass is 16.6. The molecule has 0 radical (unpaired) electrons. The van der Waals surface area contributed by atoms with Gasteiger partial charge in [0.2, 0.25) is 23.6 Å². The van der Waals surface area contributed by atoms with Crippen LogP contribution in [0.3, 0.4) is 0 Å². The smallest absolute Gasteiger partial charge is 0.419 e. The lowest BCUT2D eigenvalue weighted by molar-refractivity contribution is -0.147. The van der Waals surface area contributed by atoms with Crippen LogP contribution in [0.5, 0.6) is 5.75 Å². The first-order chi connectivity index (χ1) is 37.2. The van der Waals surface area contributed by atoms with Crippen LogP contribution in [0.4, 0.5) is 9.59 Å². The van der Waals surface area contributed by atoms with Crippen molar-refractivity contribution < 1.29 is 57.2 Å². The summed E-state index contributed by atoms with van der Waals surface area (Å²) < 4.78 is 30.3. The SMILES string of the molecule is CCOC(=O)[C@H](CC(C)C)NC(=O)CNC(=O)[C@H](Cc1ccc(OC(C)(C)C)cc1)NC(=O)[C@H](COC(C)(C)C)NC(=O)[C@H](Cc1cn(C(=O)OC(C)(C)C)c2ccccc12)NC(=O)OCC1c2ccccc2-c2ccccc21. The molecule has 4 atom stereocenters. The van der Waals surface area contributed by atoms with E-state index in [0.717, 1.165) is 22.3 Å². The molecule has 5 N–H and O–H groups in total. The predicted molar refractivity (Wildman–Crippen MR) is 300 cm³/mol. The molecular formula is C61H78N6O12. The van der Waals surface area contributed by atoms with Gasteiger partial charge in [-0.05, 0) is 133 Å². The minimum absolute atomic E-state index is 0.0322. The summed E-state index contributed by atoms with van der Waals surface area (Å²) in [6, 6.07) is 24.6. The van der Waals surface area contributed by atoms with Gasteiger partial charge in [-0.1, -0.05) is 92.7 Å². The standard InChI is InChI=1S/C61H78N6O12/c1-13-75-56(72)49(30-37(2)3)63-52(68)33-62-53(69)47(31-38-26-28-40(29-27-38)78-60(7,8)9)64-55(71)50(36-77-59(4,5)6)65-54(70)48(32-39-34-67(58(74)79-61(10,11)12)51-25-19-18-20-41(39)51)66-57(73)76-35-46-44-23-16-14-21-42(44)43-22-15-17-24-45(43)46/h14-29,34,37,46-50H,13,30-33,35-36H2,1-12H3,(H,62,69)(H,63,68)(H,64,71)(H,65,70)(H,66,73)/t47-,48-,49-,50-/m0/s1. The van der Waals surface area contributed by atoms with Crippen molar-refractivity contribution in [2.75, 3.05) is 26.4 Å². The van der Waals surface area contributed by atoms with Crippen LogP contribution in [0.15, 0.2) is 103 Å². The van der Waals surface area contributed by atoms with Gasteiger partial charge in [0, 0.05) is 30.3 Å². The van der Waals surface area contributed by atoms with Gasteiger partial charge in [0.15, 0.2) is 0 Å². The molecule has 5 amide bonds. The topological polar surface area (TPSA) is 231 Å². The Morgan fingerprint density at radius 2 is 1.19 bits per heavy atom. The molecule has 1 heterocycles. The number of para-hydroxylation sites is 1. The van der Waals surface area contributed by atoms with E-state index in [1.807, 2.05) is 83.1 Å². The molecule has 1 aromatic heterocycles. The fraction of sp³-hybridized carbons (Fsp3) is 0.459. The van der Waals surface area contributed by atoms with Crippen LogP contribution in [-0.2, 0) is 55.8 Å². The Morgan fingerprint density at radius 3 is 1.78 bits per heavy atom.